The summed E-state index contributed by atoms with van der Waals surface area (Å²) >= 11 is 0. The molecule has 0 rings (SSSR count). The summed E-state index contributed by atoms with van der Waals surface area (Å²) in [5.41, 5.74) is 4.55. The average Bonchev–Trinajstić information content (AvgIpc) is 1.89. The van der Waals surface area contributed by atoms with Crippen LogP contribution in [0.4, 0.5) is 0 Å². The monoisotopic (exact) mass is 145 g/mol. The van der Waals surface area contributed by atoms with Crippen molar-refractivity contribution in [3.8, 4) is 0 Å². The van der Waals surface area contributed by atoms with E-state index in [-0.39, 0.29) is 0 Å². The quantitative estimate of drug-likeness (QED) is 0.483. The molecule has 3 N–H and O–H groups in total. The first-order chi connectivity index (χ1) is 4.63. The molecule has 5 nitrogen and oxygen atoms in total. The van der Waals surface area contributed by atoms with Gasteiger partial charge < -0.3 is 15.6 Å². The standard InChI is InChI=1S/C4H5NO3.CH2O/c5-3(6)1-2-4(7)8;1-2/h1-2H,(H2,5,6)(H,7,8);1H2/b2-1-;. The third kappa shape index (κ3) is 16.2. The molecule has 0 aromatic carbocycles. The van der Waals surface area contributed by atoms with Gasteiger partial charge in [0.1, 0.15) is 6.79 Å². The van der Waals surface area contributed by atoms with Crippen molar-refractivity contribution in [3.05, 3.63) is 12.2 Å². The third-order valence-electron chi connectivity index (χ3n) is 0.390. The van der Waals surface area contributed by atoms with E-state index in [0.717, 1.165) is 6.08 Å². The van der Waals surface area contributed by atoms with E-state index in [4.69, 9.17) is 9.90 Å². The molecule has 0 aliphatic heterocycles. The number of nitrogens with two attached hydrogens (primary N) is 1. The maximum atomic E-state index is 9.78. The Hall–Kier alpha value is -1.65. The van der Waals surface area contributed by atoms with Crippen LogP contribution >= 0.6 is 0 Å². The summed E-state index contributed by atoms with van der Waals surface area (Å²) in [5.74, 6) is -1.93. The molecular formula is C5H7NO4. The van der Waals surface area contributed by atoms with Crippen molar-refractivity contribution in [2.45, 2.75) is 0 Å². The molecule has 0 aromatic rings. The van der Waals surface area contributed by atoms with Crippen molar-refractivity contribution in [1.82, 2.24) is 0 Å². The fourth-order valence-electron chi connectivity index (χ4n) is 0.153. The summed E-state index contributed by atoms with van der Waals surface area (Å²) in [6, 6.07) is 0. The topological polar surface area (TPSA) is 97.5 Å². The van der Waals surface area contributed by atoms with Gasteiger partial charge in [0.05, 0.1) is 0 Å². The van der Waals surface area contributed by atoms with E-state index in [2.05, 4.69) is 5.73 Å². The van der Waals surface area contributed by atoms with Gasteiger partial charge in [0.25, 0.3) is 0 Å². The predicted octanol–water partition coefficient (Wildman–Crippen LogP) is -1.07. The minimum Gasteiger partial charge on any atom is -0.478 e. The lowest BCUT2D eigenvalue weighted by Gasteiger charge is -1.75. The molecule has 0 spiro atoms. The largest absolute Gasteiger partial charge is 0.478 e. The lowest BCUT2D eigenvalue weighted by atomic mass is 10.5. The molecule has 0 aliphatic rings. The number of carboxylic acids is 1. The number of rotatable bonds is 2. The van der Waals surface area contributed by atoms with Gasteiger partial charge >= 0.3 is 5.97 Å². The summed E-state index contributed by atoms with van der Waals surface area (Å²) in [5, 5.41) is 7.87. The number of carbonyl (C=O) groups excluding carboxylic acids is 2. The van der Waals surface area contributed by atoms with Crippen LogP contribution in [-0.2, 0) is 14.4 Å². The second kappa shape index (κ2) is 7.35. The summed E-state index contributed by atoms with van der Waals surface area (Å²) < 4.78 is 0. The highest BCUT2D eigenvalue weighted by Crippen LogP contribution is 1.68. The van der Waals surface area contributed by atoms with Crippen LogP contribution in [0.2, 0.25) is 0 Å². The van der Waals surface area contributed by atoms with E-state index in [0.29, 0.717) is 6.08 Å². The molecule has 0 saturated carbocycles. The number of hydrogen-bond acceptors (Lipinski definition) is 3. The van der Waals surface area contributed by atoms with Gasteiger partial charge in [0, 0.05) is 12.2 Å². The Kier molecular flexibility index (Phi) is 8.22. The lowest BCUT2D eigenvalue weighted by molar-refractivity contribution is -0.131. The maximum Gasteiger partial charge on any atom is 0.328 e. The number of aliphatic carboxylic acids is 1. The molecule has 1 amide bonds. The Bertz CT molecular complexity index is 136. The Morgan fingerprint density at radius 2 is 1.70 bits per heavy atom. The van der Waals surface area contributed by atoms with Crippen LogP contribution in [0.25, 0.3) is 0 Å². The number of primary amides is 1. The molecule has 0 saturated heterocycles. The number of carboxylic acid groups (broad SMARTS) is 1. The second-order valence-corrected chi connectivity index (χ2v) is 1.07. The van der Waals surface area contributed by atoms with Crippen LogP contribution < -0.4 is 5.73 Å². The van der Waals surface area contributed by atoms with Crippen LogP contribution in [0.3, 0.4) is 0 Å². The zero-order valence-electron chi connectivity index (χ0n) is 5.11. The zero-order chi connectivity index (χ0) is 8.57. The van der Waals surface area contributed by atoms with Gasteiger partial charge in [-0.2, -0.15) is 0 Å². The normalized spacial score (nSPS) is 8.00. The first-order valence-electron chi connectivity index (χ1n) is 2.12. The van der Waals surface area contributed by atoms with Gasteiger partial charge in [-0.1, -0.05) is 0 Å². The molecule has 0 aliphatic carbocycles. The second-order valence-electron chi connectivity index (χ2n) is 1.07. The van der Waals surface area contributed by atoms with E-state index < -0.39 is 11.9 Å². The van der Waals surface area contributed by atoms with Gasteiger partial charge in [0.2, 0.25) is 5.91 Å². The van der Waals surface area contributed by atoms with Crippen LogP contribution in [0.5, 0.6) is 0 Å². The minimum atomic E-state index is -1.18. The molecule has 56 valence electrons. The molecule has 0 radical (unpaired) electrons. The molecule has 5 heteroatoms. The van der Waals surface area contributed by atoms with E-state index in [1.807, 2.05) is 6.79 Å². The summed E-state index contributed by atoms with van der Waals surface area (Å²) in [7, 11) is 0. The molecule has 0 heterocycles. The average molecular weight is 145 g/mol. The number of amides is 1. The highest BCUT2D eigenvalue weighted by Gasteiger charge is 1.86. The smallest absolute Gasteiger partial charge is 0.328 e. The van der Waals surface area contributed by atoms with Gasteiger partial charge in [0.15, 0.2) is 0 Å². The Balaban J connectivity index is 0. The summed E-state index contributed by atoms with van der Waals surface area (Å²) in [6.45, 7) is 2.00. The highest BCUT2D eigenvalue weighted by molar-refractivity contribution is 5.92. The number of carbonyl (C=O) groups is 3. The van der Waals surface area contributed by atoms with Crippen LogP contribution in [0, 0.1) is 0 Å². The molecule has 0 bridgehead atoms. The first-order valence-corrected chi connectivity index (χ1v) is 2.12. The van der Waals surface area contributed by atoms with E-state index in [1.165, 1.54) is 0 Å². The van der Waals surface area contributed by atoms with Gasteiger partial charge in [-0.25, -0.2) is 4.79 Å². The van der Waals surface area contributed by atoms with E-state index >= 15 is 0 Å². The van der Waals surface area contributed by atoms with Crippen molar-refractivity contribution >= 4 is 18.7 Å². The lowest BCUT2D eigenvalue weighted by Crippen LogP contribution is -2.06. The van der Waals surface area contributed by atoms with Crippen LogP contribution in [0.15, 0.2) is 12.2 Å². The van der Waals surface area contributed by atoms with Crippen molar-refractivity contribution < 1.29 is 19.5 Å². The van der Waals surface area contributed by atoms with Crippen molar-refractivity contribution in [1.29, 1.82) is 0 Å². The van der Waals surface area contributed by atoms with E-state index in [1.54, 1.807) is 0 Å². The molecule has 0 aromatic heterocycles. The maximum absolute atomic E-state index is 9.78. The number of hydrogen-bond donors (Lipinski definition) is 2. The van der Waals surface area contributed by atoms with Crippen molar-refractivity contribution in [3.63, 3.8) is 0 Å². The fourth-order valence-corrected chi connectivity index (χ4v) is 0.153. The Morgan fingerprint density at radius 1 is 1.30 bits per heavy atom. The first kappa shape index (κ1) is 11.2. The molecule has 0 atom stereocenters. The molecule has 0 fully saturated rings. The van der Waals surface area contributed by atoms with E-state index in [9.17, 15) is 9.59 Å². The Morgan fingerprint density at radius 3 is 1.80 bits per heavy atom. The molecular weight excluding hydrogens is 138 g/mol. The molecule has 0 unspecified atom stereocenters. The molecule has 10 heavy (non-hydrogen) atoms. The third-order valence-corrected chi connectivity index (χ3v) is 0.390. The van der Waals surface area contributed by atoms with Gasteiger partial charge in [-0.05, 0) is 0 Å². The fraction of sp³-hybridized carbons (Fsp3) is 0. The summed E-state index contributed by atoms with van der Waals surface area (Å²) in [6.07, 6.45) is 1.46. The predicted molar refractivity (Wildman–Crippen MR) is 33.1 cm³/mol. The van der Waals surface area contributed by atoms with Gasteiger partial charge in [-0.15, -0.1) is 0 Å². The Labute approximate surface area is 57.1 Å². The summed E-state index contributed by atoms with van der Waals surface area (Å²) in [4.78, 5) is 27.4. The highest BCUT2D eigenvalue weighted by atomic mass is 16.4. The van der Waals surface area contributed by atoms with Crippen molar-refractivity contribution in [2.24, 2.45) is 5.73 Å². The SMILES string of the molecule is C=O.NC(=O)/C=C\C(=O)O. The zero-order valence-corrected chi connectivity index (χ0v) is 5.11. The van der Waals surface area contributed by atoms with Gasteiger partial charge in [-0.3, -0.25) is 4.79 Å². The van der Waals surface area contributed by atoms with Crippen molar-refractivity contribution in [2.75, 3.05) is 0 Å². The van der Waals surface area contributed by atoms with Crippen LogP contribution in [-0.4, -0.2) is 23.8 Å². The van der Waals surface area contributed by atoms with Crippen LogP contribution in [0.1, 0.15) is 0 Å². The minimum absolute atomic E-state index is 0.683.